The summed E-state index contributed by atoms with van der Waals surface area (Å²) in [6.45, 7) is 6.66. The van der Waals surface area contributed by atoms with Gasteiger partial charge in [-0.3, -0.25) is 0 Å². The predicted molar refractivity (Wildman–Crippen MR) is 57.5 cm³/mol. The molecule has 0 fully saturated rings. The quantitative estimate of drug-likeness (QED) is 0.639. The largest absolute Gasteiger partial charge is 0.458 e. The van der Waals surface area contributed by atoms with Crippen LogP contribution in [0.1, 0.15) is 27.2 Å². The molecular weight excluding hydrogens is 176 g/mol. The van der Waals surface area contributed by atoms with Crippen molar-refractivity contribution in [1.82, 2.24) is 0 Å². The fourth-order valence-electron chi connectivity index (χ4n) is 1.09. The minimum Gasteiger partial charge on any atom is -0.458 e. The van der Waals surface area contributed by atoms with Crippen LogP contribution in [0, 0.1) is 5.92 Å². The van der Waals surface area contributed by atoms with Crippen LogP contribution < -0.4 is 0 Å². The smallest absolute Gasteiger partial charge is 0.230 e. The predicted octanol–water partition coefficient (Wildman–Crippen LogP) is 3.38. The second-order valence-electron chi connectivity index (χ2n) is 3.74. The van der Waals surface area contributed by atoms with E-state index in [9.17, 15) is 0 Å². The highest BCUT2D eigenvalue weighted by Crippen LogP contribution is 2.16. The van der Waals surface area contributed by atoms with Gasteiger partial charge in [-0.2, -0.15) is 0 Å². The number of ether oxygens (including phenoxy) is 2. The Balaban J connectivity index is 2.33. The Kier molecular flexibility index (Phi) is 4.30. The zero-order chi connectivity index (χ0) is 10.4. The van der Waals surface area contributed by atoms with Crippen molar-refractivity contribution in [3.8, 4) is 0 Å². The molecule has 0 unspecified atom stereocenters. The molecule has 0 aliphatic carbocycles. The van der Waals surface area contributed by atoms with E-state index < -0.39 is 0 Å². The molecule has 1 rings (SSSR count). The third-order valence-corrected chi connectivity index (χ3v) is 1.94. The van der Waals surface area contributed by atoms with Gasteiger partial charge < -0.3 is 9.47 Å². The molecule has 0 saturated heterocycles. The van der Waals surface area contributed by atoms with Crippen LogP contribution in [0.3, 0.4) is 0 Å². The van der Waals surface area contributed by atoms with E-state index >= 15 is 0 Å². The van der Waals surface area contributed by atoms with Gasteiger partial charge in [0.1, 0.15) is 5.76 Å². The van der Waals surface area contributed by atoms with E-state index in [1.807, 2.05) is 25.2 Å². The van der Waals surface area contributed by atoms with Crippen molar-refractivity contribution in [3.63, 3.8) is 0 Å². The van der Waals surface area contributed by atoms with E-state index in [1.54, 1.807) is 0 Å². The van der Waals surface area contributed by atoms with Crippen LogP contribution in [0.25, 0.3) is 0 Å². The maximum Gasteiger partial charge on any atom is 0.230 e. The highest BCUT2D eigenvalue weighted by atomic mass is 16.7. The lowest BCUT2D eigenvalue weighted by molar-refractivity contribution is 0.0750. The minimum atomic E-state index is 0.348. The van der Waals surface area contributed by atoms with E-state index in [0.29, 0.717) is 12.7 Å². The first-order valence-electron chi connectivity index (χ1n) is 5.00. The van der Waals surface area contributed by atoms with Crippen LogP contribution in [0.2, 0.25) is 0 Å². The third-order valence-electron chi connectivity index (χ3n) is 1.94. The van der Waals surface area contributed by atoms with Crippen LogP contribution >= 0.6 is 0 Å². The maximum absolute atomic E-state index is 5.23. The summed E-state index contributed by atoms with van der Waals surface area (Å²) in [5, 5.41) is 0. The highest BCUT2D eigenvalue weighted by molar-refractivity contribution is 5.20. The Morgan fingerprint density at radius 3 is 2.64 bits per heavy atom. The minimum absolute atomic E-state index is 0.348. The lowest BCUT2D eigenvalue weighted by Gasteiger charge is -1.95. The summed E-state index contributed by atoms with van der Waals surface area (Å²) in [5.41, 5.74) is 0. The Morgan fingerprint density at radius 1 is 1.29 bits per heavy atom. The molecule has 0 aromatic heterocycles. The molecule has 1 aliphatic rings. The molecule has 0 radical (unpaired) electrons. The molecule has 14 heavy (non-hydrogen) atoms. The fourth-order valence-corrected chi connectivity index (χ4v) is 1.09. The lowest BCUT2D eigenvalue weighted by Crippen LogP contribution is -1.81. The second-order valence-corrected chi connectivity index (χ2v) is 3.74. The van der Waals surface area contributed by atoms with E-state index in [0.717, 1.165) is 17.9 Å². The van der Waals surface area contributed by atoms with Crippen LogP contribution in [0.15, 0.2) is 35.8 Å². The highest BCUT2D eigenvalue weighted by Gasteiger charge is 2.08. The number of allylic oxidation sites excluding steroid dienone is 5. The average Bonchev–Trinajstić information content (AvgIpc) is 2.51. The summed E-state index contributed by atoms with van der Waals surface area (Å²) in [4.78, 5) is 0. The van der Waals surface area contributed by atoms with Gasteiger partial charge in [-0.15, -0.1) is 0 Å². The number of hydrogen-bond donors (Lipinski definition) is 0. The van der Waals surface area contributed by atoms with Crippen molar-refractivity contribution in [2.24, 2.45) is 5.92 Å². The zero-order valence-corrected chi connectivity index (χ0v) is 9.12. The van der Waals surface area contributed by atoms with Crippen molar-refractivity contribution in [2.45, 2.75) is 27.2 Å². The van der Waals surface area contributed by atoms with Crippen LogP contribution in [0.5, 0.6) is 0 Å². The standard InChI is InChI=1S/C12H18O2/c1-10(2)7-5-4-6-8-12-11(3)13-9-14-12/h4-6,8,10H,7,9H2,1-3H3/b5-4-,8-6-. The van der Waals surface area contributed by atoms with Crippen molar-refractivity contribution < 1.29 is 9.47 Å². The van der Waals surface area contributed by atoms with Crippen LogP contribution in [0.4, 0.5) is 0 Å². The molecule has 0 atom stereocenters. The van der Waals surface area contributed by atoms with Gasteiger partial charge in [0.05, 0.1) is 0 Å². The van der Waals surface area contributed by atoms with Gasteiger partial charge in [-0.05, 0) is 25.3 Å². The zero-order valence-electron chi connectivity index (χ0n) is 9.12. The van der Waals surface area contributed by atoms with E-state index in [1.165, 1.54) is 0 Å². The molecule has 78 valence electrons. The molecule has 1 heterocycles. The van der Waals surface area contributed by atoms with Gasteiger partial charge in [0.25, 0.3) is 0 Å². The fraction of sp³-hybridized carbons (Fsp3) is 0.500. The second kappa shape index (κ2) is 5.53. The summed E-state index contributed by atoms with van der Waals surface area (Å²) in [6.07, 6.45) is 9.23. The van der Waals surface area contributed by atoms with E-state index in [4.69, 9.17) is 9.47 Å². The molecular formula is C12H18O2. The molecule has 0 N–H and O–H groups in total. The van der Waals surface area contributed by atoms with E-state index in [2.05, 4.69) is 19.9 Å². The van der Waals surface area contributed by atoms with E-state index in [-0.39, 0.29) is 0 Å². The molecule has 1 aliphatic heterocycles. The summed E-state index contributed by atoms with van der Waals surface area (Å²) in [6, 6.07) is 0. The maximum atomic E-state index is 5.23. The van der Waals surface area contributed by atoms with Crippen LogP contribution in [-0.2, 0) is 9.47 Å². The lowest BCUT2D eigenvalue weighted by atomic mass is 10.1. The Labute approximate surface area is 85.9 Å². The molecule has 0 spiro atoms. The number of rotatable bonds is 4. The summed E-state index contributed by atoms with van der Waals surface area (Å²) in [5.74, 6) is 2.41. The van der Waals surface area contributed by atoms with Crippen molar-refractivity contribution in [2.75, 3.05) is 6.79 Å². The molecule has 0 amide bonds. The SMILES string of the molecule is CC1=C(/C=C\C=C/CC(C)C)OCO1. The van der Waals surface area contributed by atoms with Gasteiger partial charge in [-0.1, -0.05) is 32.1 Å². The normalized spacial score (nSPS) is 17.1. The molecule has 0 saturated carbocycles. The van der Waals surface area contributed by atoms with Gasteiger partial charge in [0, 0.05) is 0 Å². The Morgan fingerprint density at radius 2 is 2.07 bits per heavy atom. The first-order chi connectivity index (χ1) is 6.70. The molecule has 2 nitrogen and oxygen atoms in total. The molecule has 2 heteroatoms. The van der Waals surface area contributed by atoms with Gasteiger partial charge in [-0.25, -0.2) is 0 Å². The topological polar surface area (TPSA) is 18.5 Å². The first-order valence-corrected chi connectivity index (χ1v) is 5.00. The van der Waals surface area contributed by atoms with Crippen LogP contribution in [-0.4, -0.2) is 6.79 Å². The first kappa shape index (κ1) is 10.9. The van der Waals surface area contributed by atoms with Crippen molar-refractivity contribution in [3.05, 3.63) is 35.8 Å². The van der Waals surface area contributed by atoms with Gasteiger partial charge in [0.2, 0.25) is 6.79 Å². The summed E-state index contributed by atoms with van der Waals surface area (Å²) >= 11 is 0. The monoisotopic (exact) mass is 194 g/mol. The van der Waals surface area contributed by atoms with Crippen molar-refractivity contribution in [1.29, 1.82) is 0 Å². The third kappa shape index (κ3) is 3.69. The average molecular weight is 194 g/mol. The van der Waals surface area contributed by atoms with Gasteiger partial charge in [0.15, 0.2) is 5.76 Å². The Hall–Kier alpha value is -1.18. The summed E-state index contributed by atoms with van der Waals surface area (Å²) in [7, 11) is 0. The summed E-state index contributed by atoms with van der Waals surface area (Å²) < 4.78 is 10.4. The Bertz CT molecular complexity index is 259. The van der Waals surface area contributed by atoms with Crippen molar-refractivity contribution >= 4 is 0 Å². The molecule has 0 aromatic carbocycles. The molecule has 0 bridgehead atoms. The number of hydrogen-bond acceptors (Lipinski definition) is 2. The molecule has 0 aromatic rings. The van der Waals surface area contributed by atoms with Gasteiger partial charge >= 0.3 is 0 Å².